The fourth-order valence-corrected chi connectivity index (χ4v) is 9.34. The molecule has 0 saturated heterocycles. The zero-order chi connectivity index (χ0) is 33.4. The number of nitrogens with zero attached hydrogens (tertiary/aromatic N) is 2. The van der Waals surface area contributed by atoms with Gasteiger partial charge in [0.05, 0.1) is 11.4 Å². The molecule has 3 heteroatoms. The summed E-state index contributed by atoms with van der Waals surface area (Å²) in [5, 5.41) is 4.89. The van der Waals surface area contributed by atoms with Gasteiger partial charge in [0.15, 0.2) is 5.82 Å². The average Bonchev–Trinajstić information content (AvgIpc) is 3.67. The quantitative estimate of drug-likeness (QED) is 0.188. The van der Waals surface area contributed by atoms with Crippen LogP contribution in [0.15, 0.2) is 158 Å². The van der Waals surface area contributed by atoms with E-state index in [0.717, 1.165) is 39.3 Å². The van der Waals surface area contributed by atoms with Crippen molar-refractivity contribution in [2.75, 3.05) is 0 Å². The van der Waals surface area contributed by atoms with Crippen LogP contribution in [0.25, 0.3) is 87.1 Å². The highest BCUT2D eigenvalue weighted by Crippen LogP contribution is 2.53. The Bertz CT molecular complexity index is 2790. The van der Waals surface area contributed by atoms with Crippen LogP contribution in [0.1, 0.15) is 25.0 Å². The largest absolute Gasteiger partial charge is 0.228 e. The molecular weight excluding hydrogens is 625 g/mol. The first-order valence-corrected chi connectivity index (χ1v) is 18.0. The molecule has 1 aliphatic rings. The van der Waals surface area contributed by atoms with Crippen molar-refractivity contribution in [3.05, 3.63) is 169 Å². The van der Waals surface area contributed by atoms with E-state index in [4.69, 9.17) is 9.97 Å². The van der Waals surface area contributed by atoms with E-state index in [2.05, 4.69) is 172 Å². The highest BCUT2D eigenvalue weighted by Gasteiger charge is 2.36. The van der Waals surface area contributed by atoms with Gasteiger partial charge in [-0.25, -0.2) is 9.97 Å². The van der Waals surface area contributed by atoms with E-state index in [1.54, 1.807) is 0 Å². The van der Waals surface area contributed by atoms with Crippen molar-refractivity contribution in [2.45, 2.75) is 19.3 Å². The molecule has 0 aliphatic heterocycles. The van der Waals surface area contributed by atoms with Gasteiger partial charge in [-0.3, -0.25) is 0 Å². The molecule has 2 nitrogen and oxygen atoms in total. The van der Waals surface area contributed by atoms with Crippen LogP contribution in [0.2, 0.25) is 0 Å². The summed E-state index contributed by atoms with van der Waals surface area (Å²) in [4.78, 5) is 10.6. The van der Waals surface area contributed by atoms with Crippen LogP contribution in [-0.2, 0) is 5.41 Å². The minimum atomic E-state index is -0.0585. The van der Waals surface area contributed by atoms with Crippen LogP contribution >= 0.6 is 11.3 Å². The summed E-state index contributed by atoms with van der Waals surface area (Å²) in [7, 11) is 0. The lowest BCUT2D eigenvalue weighted by Crippen LogP contribution is -2.14. The molecule has 0 fully saturated rings. The molecule has 2 heterocycles. The number of fused-ring (bicyclic) bond motifs is 7. The van der Waals surface area contributed by atoms with E-state index in [1.807, 2.05) is 11.3 Å². The maximum absolute atomic E-state index is 5.37. The zero-order valence-corrected chi connectivity index (χ0v) is 28.6. The molecule has 7 aromatic carbocycles. The summed E-state index contributed by atoms with van der Waals surface area (Å²) >= 11 is 1.83. The summed E-state index contributed by atoms with van der Waals surface area (Å²) in [6.07, 6.45) is 0. The molecule has 50 heavy (non-hydrogen) atoms. The van der Waals surface area contributed by atoms with Crippen molar-refractivity contribution in [3.8, 4) is 56.2 Å². The second-order valence-electron chi connectivity index (χ2n) is 13.7. The van der Waals surface area contributed by atoms with Gasteiger partial charge in [0.2, 0.25) is 0 Å². The van der Waals surface area contributed by atoms with Crippen LogP contribution in [0, 0.1) is 0 Å². The SMILES string of the molecule is CC1(C)c2ccccc2-c2c(-c3ccc(-c4nc(-c5ccccc5)cc(-c5cccc6c5sc5ccccc56)n4)c4ccccc34)cccc21. The van der Waals surface area contributed by atoms with Crippen LogP contribution in [-0.4, -0.2) is 9.97 Å². The smallest absolute Gasteiger partial charge is 0.161 e. The second-order valence-corrected chi connectivity index (χ2v) is 14.8. The van der Waals surface area contributed by atoms with Crippen molar-refractivity contribution >= 4 is 42.3 Å². The minimum absolute atomic E-state index is 0.0585. The summed E-state index contributed by atoms with van der Waals surface area (Å²) in [6, 6.07) is 56.8. The Morgan fingerprint density at radius 3 is 1.90 bits per heavy atom. The Morgan fingerprint density at radius 2 is 1.04 bits per heavy atom. The zero-order valence-electron chi connectivity index (χ0n) is 27.8. The second kappa shape index (κ2) is 11.1. The molecule has 0 bridgehead atoms. The third kappa shape index (κ3) is 4.33. The van der Waals surface area contributed by atoms with E-state index >= 15 is 0 Å². The molecule has 2 aromatic heterocycles. The summed E-state index contributed by atoms with van der Waals surface area (Å²) in [5.74, 6) is 0.729. The van der Waals surface area contributed by atoms with E-state index in [9.17, 15) is 0 Å². The predicted molar refractivity (Wildman–Crippen MR) is 212 cm³/mol. The maximum Gasteiger partial charge on any atom is 0.161 e. The fourth-order valence-electron chi connectivity index (χ4n) is 8.12. The lowest BCUT2D eigenvalue weighted by Gasteiger charge is -2.21. The molecule has 0 amide bonds. The Hall–Kier alpha value is -5.90. The molecule has 0 atom stereocenters. The van der Waals surface area contributed by atoms with E-state index in [1.165, 1.54) is 58.9 Å². The average molecular weight is 657 g/mol. The molecule has 236 valence electrons. The molecule has 0 N–H and O–H groups in total. The normalized spacial score (nSPS) is 13.2. The van der Waals surface area contributed by atoms with Gasteiger partial charge >= 0.3 is 0 Å². The van der Waals surface area contributed by atoms with Crippen LogP contribution in [0.4, 0.5) is 0 Å². The van der Waals surface area contributed by atoms with Crippen molar-refractivity contribution in [1.82, 2.24) is 9.97 Å². The van der Waals surface area contributed by atoms with Crippen LogP contribution in [0.3, 0.4) is 0 Å². The molecular formula is C47H32N2S. The number of hydrogen-bond acceptors (Lipinski definition) is 3. The Balaban J connectivity index is 1.21. The van der Waals surface area contributed by atoms with Gasteiger partial charge in [-0.1, -0.05) is 153 Å². The van der Waals surface area contributed by atoms with Gasteiger partial charge in [-0.2, -0.15) is 0 Å². The lowest BCUT2D eigenvalue weighted by molar-refractivity contribution is 0.660. The highest BCUT2D eigenvalue weighted by atomic mass is 32.1. The van der Waals surface area contributed by atoms with Crippen molar-refractivity contribution < 1.29 is 0 Å². The lowest BCUT2D eigenvalue weighted by atomic mass is 9.81. The molecule has 0 unspecified atom stereocenters. The number of aromatic nitrogens is 2. The standard InChI is InChI=1S/C47H32N2S/c1-47(2)39-23-10-8-19-37(39)44-34(20-13-24-40(44)47)32-26-27-36(31-17-7-6-16-30(31)32)46-48-41(29-14-4-3-5-15-29)28-42(49-46)38-22-12-21-35-33-18-9-11-25-43(33)50-45(35)38/h3-28H,1-2H3. The van der Waals surface area contributed by atoms with E-state index in [0.29, 0.717) is 0 Å². The Morgan fingerprint density at radius 1 is 0.440 bits per heavy atom. The van der Waals surface area contributed by atoms with Crippen LogP contribution in [0.5, 0.6) is 0 Å². The number of thiophene rings is 1. The van der Waals surface area contributed by atoms with Crippen molar-refractivity contribution in [1.29, 1.82) is 0 Å². The van der Waals surface area contributed by atoms with E-state index < -0.39 is 0 Å². The number of rotatable bonds is 4. The third-order valence-electron chi connectivity index (χ3n) is 10.5. The number of hydrogen-bond donors (Lipinski definition) is 0. The van der Waals surface area contributed by atoms with Gasteiger partial charge in [-0.15, -0.1) is 11.3 Å². The van der Waals surface area contributed by atoms with Gasteiger partial charge < -0.3 is 0 Å². The molecule has 0 radical (unpaired) electrons. The summed E-state index contributed by atoms with van der Waals surface area (Å²) in [6.45, 7) is 4.69. The first-order chi connectivity index (χ1) is 24.6. The fraction of sp³-hybridized carbons (Fsp3) is 0.0638. The summed E-state index contributed by atoms with van der Waals surface area (Å²) < 4.78 is 2.53. The maximum atomic E-state index is 5.37. The highest BCUT2D eigenvalue weighted by molar-refractivity contribution is 7.26. The molecule has 0 saturated carbocycles. The van der Waals surface area contributed by atoms with Gasteiger partial charge in [0.1, 0.15) is 0 Å². The molecule has 0 spiro atoms. The topological polar surface area (TPSA) is 25.8 Å². The van der Waals surface area contributed by atoms with Crippen LogP contribution < -0.4 is 0 Å². The molecule has 9 aromatic rings. The first kappa shape index (κ1) is 29.1. The Kier molecular flexibility index (Phi) is 6.43. The molecule has 1 aliphatic carbocycles. The third-order valence-corrected chi connectivity index (χ3v) is 11.8. The monoisotopic (exact) mass is 656 g/mol. The van der Waals surface area contributed by atoms with Crippen molar-refractivity contribution in [3.63, 3.8) is 0 Å². The Labute approximate surface area is 295 Å². The minimum Gasteiger partial charge on any atom is -0.228 e. The van der Waals surface area contributed by atoms with Gasteiger partial charge in [0.25, 0.3) is 0 Å². The van der Waals surface area contributed by atoms with Crippen molar-refractivity contribution in [2.24, 2.45) is 0 Å². The van der Waals surface area contributed by atoms with E-state index in [-0.39, 0.29) is 5.41 Å². The number of benzene rings is 7. The van der Waals surface area contributed by atoms with Gasteiger partial charge in [-0.05, 0) is 62.4 Å². The first-order valence-electron chi connectivity index (χ1n) is 17.2. The van der Waals surface area contributed by atoms with Gasteiger partial charge in [0, 0.05) is 42.3 Å². The molecule has 10 rings (SSSR count). The predicted octanol–water partition coefficient (Wildman–Crippen LogP) is 13.0. The summed E-state index contributed by atoms with van der Waals surface area (Å²) in [5.41, 5.74) is 12.9.